The molecule has 0 aromatic rings. The summed E-state index contributed by atoms with van der Waals surface area (Å²) < 4.78 is 0. The van der Waals surface area contributed by atoms with Crippen LogP contribution in [0.4, 0.5) is 0 Å². The Bertz CT molecular complexity index is 261. The van der Waals surface area contributed by atoms with Gasteiger partial charge in [-0.05, 0) is 19.4 Å². The molecular formula is C13H26N2O3. The second kappa shape index (κ2) is 7.71. The van der Waals surface area contributed by atoms with E-state index in [0.717, 1.165) is 25.8 Å². The number of hydrogen-bond acceptors (Lipinski definition) is 4. The fourth-order valence-electron chi connectivity index (χ4n) is 2.36. The van der Waals surface area contributed by atoms with Gasteiger partial charge in [0, 0.05) is 19.5 Å². The summed E-state index contributed by atoms with van der Waals surface area (Å²) in [5.74, 6) is 0.0153. The summed E-state index contributed by atoms with van der Waals surface area (Å²) in [6.45, 7) is 5.84. The molecule has 1 unspecified atom stereocenters. The molecule has 3 N–H and O–H groups in total. The zero-order valence-corrected chi connectivity index (χ0v) is 11.4. The van der Waals surface area contributed by atoms with Crippen LogP contribution in [-0.4, -0.2) is 58.9 Å². The molecule has 0 saturated carbocycles. The van der Waals surface area contributed by atoms with Gasteiger partial charge in [0.1, 0.15) is 0 Å². The minimum atomic E-state index is -0.760. The molecule has 1 aliphatic rings. The van der Waals surface area contributed by atoms with Gasteiger partial charge in [-0.1, -0.05) is 20.3 Å². The van der Waals surface area contributed by atoms with E-state index in [2.05, 4.69) is 17.1 Å². The highest BCUT2D eigenvalue weighted by Gasteiger charge is 2.39. The first kappa shape index (κ1) is 15.4. The van der Waals surface area contributed by atoms with Crippen LogP contribution in [0.3, 0.4) is 0 Å². The van der Waals surface area contributed by atoms with Gasteiger partial charge in [-0.15, -0.1) is 0 Å². The maximum Gasteiger partial charge on any atom is 0.220 e. The molecule has 0 aromatic carbocycles. The van der Waals surface area contributed by atoms with Crippen LogP contribution < -0.4 is 5.32 Å². The fraction of sp³-hybridized carbons (Fsp3) is 0.923. The van der Waals surface area contributed by atoms with Crippen molar-refractivity contribution in [1.29, 1.82) is 0 Å². The van der Waals surface area contributed by atoms with E-state index in [4.69, 9.17) is 0 Å². The van der Waals surface area contributed by atoms with E-state index >= 15 is 0 Å². The number of aliphatic hydroxyl groups is 2. The van der Waals surface area contributed by atoms with E-state index in [1.54, 1.807) is 0 Å². The van der Waals surface area contributed by atoms with Crippen LogP contribution in [-0.2, 0) is 4.79 Å². The number of carbonyl (C=O) groups is 1. The summed E-state index contributed by atoms with van der Waals surface area (Å²) in [5, 5.41) is 22.5. The molecule has 5 heteroatoms. The largest absolute Gasteiger partial charge is 0.389 e. The van der Waals surface area contributed by atoms with Crippen molar-refractivity contribution in [2.75, 3.05) is 19.6 Å². The Morgan fingerprint density at radius 2 is 2.06 bits per heavy atom. The second-order valence-corrected chi connectivity index (χ2v) is 5.03. The van der Waals surface area contributed by atoms with Gasteiger partial charge in [-0.3, -0.25) is 9.69 Å². The van der Waals surface area contributed by atoms with E-state index in [1.807, 2.05) is 6.92 Å². The third-order valence-electron chi connectivity index (χ3n) is 3.46. The Morgan fingerprint density at radius 3 is 2.67 bits per heavy atom. The number of aliphatic hydroxyl groups excluding tert-OH is 2. The summed E-state index contributed by atoms with van der Waals surface area (Å²) in [6, 6.07) is -0.160. The van der Waals surface area contributed by atoms with E-state index < -0.39 is 12.2 Å². The Morgan fingerprint density at radius 1 is 1.33 bits per heavy atom. The van der Waals surface area contributed by atoms with E-state index in [1.165, 1.54) is 0 Å². The molecule has 18 heavy (non-hydrogen) atoms. The highest BCUT2D eigenvalue weighted by molar-refractivity contribution is 5.75. The topological polar surface area (TPSA) is 72.8 Å². The monoisotopic (exact) mass is 258 g/mol. The van der Waals surface area contributed by atoms with Gasteiger partial charge < -0.3 is 15.5 Å². The lowest BCUT2D eigenvalue weighted by Gasteiger charge is -2.25. The van der Waals surface area contributed by atoms with E-state index in [0.29, 0.717) is 19.5 Å². The molecule has 0 spiro atoms. The molecule has 0 aromatic heterocycles. The number of carbonyl (C=O) groups excluding carboxylic acids is 1. The van der Waals surface area contributed by atoms with Crippen molar-refractivity contribution in [2.24, 2.45) is 0 Å². The SMILES string of the molecule is CCCCN1C[C@H](O)[C@H](O)C1CNC(=O)CCC. The first-order valence-electron chi connectivity index (χ1n) is 6.97. The molecule has 1 aliphatic heterocycles. The predicted molar refractivity (Wildman–Crippen MR) is 70.2 cm³/mol. The van der Waals surface area contributed by atoms with Crippen molar-refractivity contribution in [1.82, 2.24) is 10.2 Å². The van der Waals surface area contributed by atoms with Gasteiger partial charge in [-0.2, -0.15) is 0 Å². The summed E-state index contributed by atoms with van der Waals surface area (Å²) in [6.07, 6.45) is 2.00. The highest BCUT2D eigenvalue weighted by Crippen LogP contribution is 2.18. The normalized spacial score (nSPS) is 28.6. The molecule has 3 atom stereocenters. The lowest BCUT2D eigenvalue weighted by Crippen LogP contribution is -2.45. The van der Waals surface area contributed by atoms with E-state index in [-0.39, 0.29) is 11.9 Å². The number of unbranched alkanes of at least 4 members (excludes halogenated alkanes) is 1. The molecule has 0 aliphatic carbocycles. The molecule has 1 saturated heterocycles. The number of amides is 1. The predicted octanol–water partition coefficient (Wildman–Crippen LogP) is 0.109. The molecule has 5 nitrogen and oxygen atoms in total. The van der Waals surface area contributed by atoms with Crippen LogP contribution in [0.2, 0.25) is 0 Å². The minimum Gasteiger partial charge on any atom is -0.389 e. The summed E-state index contributed by atoms with van der Waals surface area (Å²) in [4.78, 5) is 13.5. The van der Waals surface area contributed by atoms with Gasteiger partial charge in [-0.25, -0.2) is 0 Å². The average Bonchev–Trinajstić information content (AvgIpc) is 2.61. The van der Waals surface area contributed by atoms with Crippen LogP contribution in [0.25, 0.3) is 0 Å². The fourth-order valence-corrected chi connectivity index (χ4v) is 2.36. The maximum atomic E-state index is 11.4. The standard InChI is InChI=1S/C13H26N2O3/c1-3-5-7-15-9-11(16)13(18)10(15)8-14-12(17)6-4-2/h10-11,13,16,18H,3-9H2,1-2H3,(H,14,17)/t10?,11-,13+/m0/s1. The zero-order valence-electron chi connectivity index (χ0n) is 11.4. The molecule has 106 valence electrons. The van der Waals surface area contributed by atoms with Crippen molar-refractivity contribution in [3.8, 4) is 0 Å². The van der Waals surface area contributed by atoms with Crippen molar-refractivity contribution < 1.29 is 15.0 Å². The molecule has 1 fully saturated rings. The average molecular weight is 258 g/mol. The number of nitrogens with one attached hydrogen (secondary N) is 1. The van der Waals surface area contributed by atoms with Gasteiger partial charge in [0.2, 0.25) is 5.91 Å². The first-order valence-corrected chi connectivity index (χ1v) is 6.97. The van der Waals surface area contributed by atoms with Crippen molar-refractivity contribution in [3.63, 3.8) is 0 Å². The number of hydrogen-bond donors (Lipinski definition) is 3. The van der Waals surface area contributed by atoms with Crippen molar-refractivity contribution >= 4 is 5.91 Å². The lowest BCUT2D eigenvalue weighted by molar-refractivity contribution is -0.121. The molecule has 1 heterocycles. The minimum absolute atomic E-state index is 0.0153. The number of likely N-dealkylation sites (tertiary alicyclic amines) is 1. The number of nitrogens with zero attached hydrogens (tertiary/aromatic N) is 1. The highest BCUT2D eigenvalue weighted by atomic mass is 16.3. The molecule has 0 radical (unpaired) electrons. The molecule has 0 bridgehead atoms. The Kier molecular flexibility index (Phi) is 6.60. The molecule has 1 rings (SSSR count). The smallest absolute Gasteiger partial charge is 0.220 e. The van der Waals surface area contributed by atoms with Gasteiger partial charge in [0.15, 0.2) is 0 Å². The quantitative estimate of drug-likeness (QED) is 0.606. The van der Waals surface area contributed by atoms with Crippen LogP contribution in [0, 0.1) is 0 Å². The lowest BCUT2D eigenvalue weighted by atomic mass is 10.1. The van der Waals surface area contributed by atoms with Gasteiger partial charge in [0.05, 0.1) is 18.2 Å². The van der Waals surface area contributed by atoms with Crippen LogP contribution in [0.5, 0.6) is 0 Å². The Hall–Kier alpha value is -0.650. The maximum absolute atomic E-state index is 11.4. The Labute approximate surface area is 109 Å². The summed E-state index contributed by atoms with van der Waals surface area (Å²) in [5.41, 5.74) is 0. The Balaban J connectivity index is 2.45. The third kappa shape index (κ3) is 4.23. The van der Waals surface area contributed by atoms with Gasteiger partial charge >= 0.3 is 0 Å². The molecular weight excluding hydrogens is 232 g/mol. The number of rotatable bonds is 7. The van der Waals surface area contributed by atoms with Gasteiger partial charge in [0.25, 0.3) is 0 Å². The van der Waals surface area contributed by atoms with Crippen molar-refractivity contribution in [2.45, 2.75) is 57.8 Å². The van der Waals surface area contributed by atoms with Crippen molar-refractivity contribution in [3.05, 3.63) is 0 Å². The van der Waals surface area contributed by atoms with E-state index in [9.17, 15) is 15.0 Å². The third-order valence-corrected chi connectivity index (χ3v) is 3.46. The summed E-state index contributed by atoms with van der Waals surface area (Å²) in [7, 11) is 0. The van der Waals surface area contributed by atoms with Crippen LogP contribution >= 0.6 is 0 Å². The van der Waals surface area contributed by atoms with Crippen LogP contribution in [0.1, 0.15) is 39.5 Å². The van der Waals surface area contributed by atoms with Crippen LogP contribution in [0.15, 0.2) is 0 Å². The number of β-amino-alcohol motifs (C(OH)–C–C–N with tert-alkyl or cyclic N) is 1. The first-order chi connectivity index (χ1) is 8.60. The molecule has 1 amide bonds. The zero-order chi connectivity index (χ0) is 13.5. The second-order valence-electron chi connectivity index (χ2n) is 5.03. The summed E-state index contributed by atoms with van der Waals surface area (Å²) >= 11 is 0.